The molecule has 1 aromatic carbocycles. The molecule has 2 N–H and O–H groups in total. The van der Waals surface area contributed by atoms with E-state index in [4.69, 9.17) is 34.2 Å². The predicted molar refractivity (Wildman–Crippen MR) is 129 cm³/mol. The van der Waals surface area contributed by atoms with E-state index in [-0.39, 0.29) is 30.5 Å². The number of esters is 2. The van der Waals surface area contributed by atoms with Crippen LogP contribution in [0.1, 0.15) is 66.4 Å². The van der Waals surface area contributed by atoms with Crippen LogP contribution >= 0.6 is 0 Å². The summed E-state index contributed by atoms with van der Waals surface area (Å²) < 4.78 is 30.6. The fourth-order valence-electron chi connectivity index (χ4n) is 2.74. The van der Waals surface area contributed by atoms with Crippen LogP contribution in [0.5, 0.6) is 11.5 Å². The molecule has 0 aromatic heterocycles. The van der Waals surface area contributed by atoms with Gasteiger partial charge < -0.3 is 34.2 Å². The maximum atomic E-state index is 12.3. The van der Waals surface area contributed by atoms with Gasteiger partial charge in [0.05, 0.1) is 12.2 Å². The zero-order valence-electron chi connectivity index (χ0n) is 21.7. The molecule has 0 saturated carbocycles. The van der Waals surface area contributed by atoms with Gasteiger partial charge in [-0.1, -0.05) is 19.4 Å². The van der Waals surface area contributed by atoms with E-state index in [1.54, 1.807) is 40.7 Å². The largest absolute Gasteiger partial charge is 0.514 e. The van der Waals surface area contributed by atoms with Gasteiger partial charge in [-0.25, -0.2) is 9.59 Å². The smallest absolute Gasteiger partial charge is 0.461 e. The molecule has 0 saturated heterocycles. The van der Waals surface area contributed by atoms with Crippen LogP contribution in [0.4, 0.5) is 9.59 Å². The predicted octanol–water partition coefficient (Wildman–Crippen LogP) is 4.07. The maximum Gasteiger partial charge on any atom is 0.514 e. The third kappa shape index (κ3) is 12.4. The Bertz CT molecular complexity index is 884. The zero-order valence-corrected chi connectivity index (χ0v) is 21.7. The Morgan fingerprint density at radius 1 is 0.861 bits per heavy atom. The first-order chi connectivity index (χ1) is 16.9. The molecule has 0 heterocycles. The molecule has 0 fully saturated rings. The molecule has 36 heavy (non-hydrogen) atoms. The Balaban J connectivity index is 2.82. The minimum atomic E-state index is -1.05. The number of benzene rings is 1. The molecule has 0 unspecified atom stereocenters. The summed E-state index contributed by atoms with van der Waals surface area (Å²) in [5, 5.41) is 0. The number of carbonyl (C=O) groups excluding carboxylic acids is 4. The van der Waals surface area contributed by atoms with Crippen molar-refractivity contribution in [1.82, 2.24) is 0 Å². The maximum absolute atomic E-state index is 12.3. The van der Waals surface area contributed by atoms with Gasteiger partial charge in [0, 0.05) is 6.42 Å². The van der Waals surface area contributed by atoms with Gasteiger partial charge >= 0.3 is 24.2 Å². The Morgan fingerprint density at radius 3 is 2.00 bits per heavy atom. The monoisotopic (exact) mass is 511 g/mol. The van der Waals surface area contributed by atoms with Crippen molar-refractivity contribution in [3.05, 3.63) is 23.8 Å². The van der Waals surface area contributed by atoms with Crippen molar-refractivity contribution in [2.75, 3.05) is 6.61 Å². The number of ether oxygens (including phenoxy) is 6. The highest BCUT2D eigenvalue weighted by Gasteiger charge is 2.22. The van der Waals surface area contributed by atoms with Crippen LogP contribution in [0.3, 0.4) is 0 Å². The normalized spacial score (nSPS) is 12.5. The van der Waals surface area contributed by atoms with Crippen molar-refractivity contribution in [1.29, 1.82) is 0 Å². The van der Waals surface area contributed by atoms with Gasteiger partial charge in [0.2, 0.25) is 0 Å². The molecule has 0 aliphatic rings. The first-order valence-corrected chi connectivity index (χ1v) is 11.9. The summed E-state index contributed by atoms with van der Waals surface area (Å²) in [4.78, 5) is 47.9. The average Bonchev–Trinajstić information content (AvgIpc) is 2.76. The van der Waals surface area contributed by atoms with Crippen LogP contribution in [0, 0.1) is 0 Å². The third-order valence-electron chi connectivity index (χ3n) is 4.34. The van der Waals surface area contributed by atoms with Crippen LogP contribution in [0.2, 0.25) is 0 Å². The standard InChI is InChI=1S/C25H37NO10/c1-7-8-9-22(27)34-17(6)14-31-23(28)19(26)12-18-10-11-20(35-24(29)32-15(2)3)21(13-18)36-25(30)33-16(4)5/h10-11,13,15-17,19H,7-9,12,14,26H2,1-6H3/t17-,19-/m0/s1. The quantitative estimate of drug-likeness (QED) is 0.232. The highest BCUT2D eigenvalue weighted by atomic mass is 16.7. The fourth-order valence-corrected chi connectivity index (χ4v) is 2.74. The lowest BCUT2D eigenvalue weighted by Gasteiger charge is -2.17. The average molecular weight is 512 g/mol. The molecule has 202 valence electrons. The van der Waals surface area contributed by atoms with Crippen LogP contribution in [0.15, 0.2) is 18.2 Å². The van der Waals surface area contributed by atoms with Gasteiger partial charge in [0.1, 0.15) is 18.8 Å². The summed E-state index contributed by atoms with van der Waals surface area (Å²) in [6.07, 6.45) is -1.53. The van der Waals surface area contributed by atoms with Crippen LogP contribution in [-0.2, 0) is 35.0 Å². The lowest BCUT2D eigenvalue weighted by atomic mass is 10.1. The molecule has 0 spiro atoms. The van der Waals surface area contributed by atoms with Gasteiger partial charge in [-0.2, -0.15) is 0 Å². The fraction of sp³-hybridized carbons (Fsp3) is 0.600. The van der Waals surface area contributed by atoms with E-state index in [0.29, 0.717) is 12.0 Å². The summed E-state index contributed by atoms with van der Waals surface area (Å²) in [7, 11) is 0. The van der Waals surface area contributed by atoms with Crippen LogP contribution in [0.25, 0.3) is 0 Å². The summed E-state index contributed by atoms with van der Waals surface area (Å²) >= 11 is 0. The van der Waals surface area contributed by atoms with Crippen LogP contribution < -0.4 is 15.2 Å². The number of unbranched alkanes of at least 4 members (excludes halogenated alkanes) is 1. The van der Waals surface area contributed by atoms with Crippen molar-refractivity contribution in [2.45, 2.75) is 91.6 Å². The van der Waals surface area contributed by atoms with Crippen molar-refractivity contribution in [2.24, 2.45) is 5.73 Å². The van der Waals surface area contributed by atoms with Gasteiger partial charge in [-0.15, -0.1) is 0 Å². The van der Waals surface area contributed by atoms with E-state index >= 15 is 0 Å². The molecule has 2 atom stereocenters. The molecule has 0 amide bonds. The number of rotatable bonds is 13. The molecule has 11 heteroatoms. The second kappa shape index (κ2) is 15.6. The molecule has 11 nitrogen and oxygen atoms in total. The van der Waals surface area contributed by atoms with Gasteiger partial charge in [-0.05, 0) is 65.2 Å². The SMILES string of the molecule is CCCCC(=O)O[C@@H](C)COC(=O)[C@@H](N)Cc1ccc(OC(=O)OC(C)C)c(OC(=O)OC(C)C)c1. The Labute approximate surface area is 211 Å². The zero-order chi connectivity index (χ0) is 27.3. The molecule has 0 aliphatic heterocycles. The van der Waals surface area contributed by atoms with Gasteiger partial charge in [-0.3, -0.25) is 9.59 Å². The first-order valence-electron chi connectivity index (χ1n) is 11.9. The number of hydrogen-bond acceptors (Lipinski definition) is 11. The number of carbonyl (C=O) groups is 4. The van der Waals surface area contributed by atoms with Crippen molar-refractivity contribution >= 4 is 24.2 Å². The van der Waals surface area contributed by atoms with E-state index in [1.807, 2.05) is 6.92 Å². The Hall–Kier alpha value is -3.34. The molecule has 0 radical (unpaired) electrons. The van der Waals surface area contributed by atoms with E-state index in [1.165, 1.54) is 12.1 Å². The van der Waals surface area contributed by atoms with E-state index in [0.717, 1.165) is 12.8 Å². The molecular formula is C25H37NO10. The van der Waals surface area contributed by atoms with Crippen LogP contribution in [-0.4, -0.2) is 55.2 Å². The van der Waals surface area contributed by atoms with Crippen molar-refractivity contribution in [3.8, 4) is 11.5 Å². The number of nitrogens with two attached hydrogens (primary N) is 1. The molecule has 0 aliphatic carbocycles. The third-order valence-corrected chi connectivity index (χ3v) is 4.34. The molecule has 1 aromatic rings. The minimum absolute atomic E-state index is 0.0236. The van der Waals surface area contributed by atoms with Crippen molar-refractivity contribution < 1.29 is 47.6 Å². The van der Waals surface area contributed by atoms with Gasteiger partial charge in [0.25, 0.3) is 0 Å². The Kier molecular flexibility index (Phi) is 13.3. The minimum Gasteiger partial charge on any atom is -0.461 e. The van der Waals surface area contributed by atoms with E-state index < -0.39 is 42.6 Å². The first kappa shape index (κ1) is 30.7. The lowest BCUT2D eigenvalue weighted by molar-refractivity contribution is -0.158. The topological polar surface area (TPSA) is 150 Å². The summed E-state index contributed by atoms with van der Waals surface area (Å²) in [6.45, 7) is 10.0. The molecule has 1 rings (SSSR count). The Morgan fingerprint density at radius 2 is 1.44 bits per heavy atom. The highest BCUT2D eigenvalue weighted by molar-refractivity contribution is 5.76. The molecule has 0 bridgehead atoms. The second-order valence-corrected chi connectivity index (χ2v) is 8.66. The van der Waals surface area contributed by atoms with E-state index in [9.17, 15) is 19.2 Å². The van der Waals surface area contributed by atoms with E-state index in [2.05, 4.69) is 0 Å². The summed E-state index contributed by atoms with van der Waals surface area (Å²) in [5.41, 5.74) is 6.47. The summed E-state index contributed by atoms with van der Waals surface area (Å²) in [5.74, 6) is -1.26. The highest BCUT2D eigenvalue weighted by Crippen LogP contribution is 2.30. The summed E-state index contributed by atoms with van der Waals surface area (Å²) in [6, 6.07) is 3.26. The van der Waals surface area contributed by atoms with Crippen molar-refractivity contribution in [3.63, 3.8) is 0 Å². The molecular weight excluding hydrogens is 474 g/mol. The lowest BCUT2D eigenvalue weighted by Crippen LogP contribution is -2.36. The number of hydrogen-bond donors (Lipinski definition) is 1. The second-order valence-electron chi connectivity index (χ2n) is 8.66. The van der Waals surface area contributed by atoms with Gasteiger partial charge in [0.15, 0.2) is 11.5 Å².